The van der Waals surface area contributed by atoms with Crippen molar-refractivity contribution in [3.63, 3.8) is 0 Å². The molecule has 2 rings (SSSR count). The first-order valence-electron chi connectivity index (χ1n) is 5.91. The maximum absolute atomic E-state index is 13.0. The minimum absolute atomic E-state index is 0.0821. The van der Waals surface area contributed by atoms with E-state index in [1.807, 2.05) is 0 Å². The molecular formula is C13H13ClFN3O. The summed E-state index contributed by atoms with van der Waals surface area (Å²) in [6.45, 7) is 2.06. The van der Waals surface area contributed by atoms with Crippen LogP contribution in [0.4, 0.5) is 10.2 Å². The Balaban J connectivity index is 2.09. The fourth-order valence-electron chi connectivity index (χ4n) is 1.65. The number of halogens is 2. The summed E-state index contributed by atoms with van der Waals surface area (Å²) in [5, 5.41) is 9.35. The molecule has 0 spiro atoms. The largest absolute Gasteiger partial charge is 0.305 e. The molecule has 0 bridgehead atoms. The zero-order chi connectivity index (χ0) is 13.8. The number of rotatable bonds is 4. The van der Waals surface area contributed by atoms with Crippen LogP contribution < -0.4 is 5.32 Å². The van der Waals surface area contributed by atoms with Crippen molar-refractivity contribution in [1.29, 1.82) is 0 Å². The van der Waals surface area contributed by atoms with Gasteiger partial charge in [-0.25, -0.2) is 4.39 Å². The number of anilines is 1. The molecule has 19 heavy (non-hydrogen) atoms. The number of aromatic nitrogens is 2. The molecule has 1 heterocycles. The van der Waals surface area contributed by atoms with Crippen LogP contribution in [0, 0.1) is 5.82 Å². The Morgan fingerprint density at radius 2 is 2.26 bits per heavy atom. The van der Waals surface area contributed by atoms with Crippen LogP contribution in [-0.2, 0) is 6.42 Å². The van der Waals surface area contributed by atoms with E-state index in [2.05, 4.69) is 22.4 Å². The number of amides is 1. The maximum atomic E-state index is 13.0. The molecule has 2 N–H and O–H groups in total. The van der Waals surface area contributed by atoms with E-state index < -0.39 is 5.82 Å². The lowest BCUT2D eigenvalue weighted by Crippen LogP contribution is -2.12. The summed E-state index contributed by atoms with van der Waals surface area (Å²) >= 11 is 5.63. The predicted octanol–water partition coefficient (Wildman–Crippen LogP) is 3.41. The first kappa shape index (κ1) is 13.5. The number of hydrogen-bond acceptors (Lipinski definition) is 2. The van der Waals surface area contributed by atoms with Gasteiger partial charge in [-0.1, -0.05) is 24.9 Å². The smallest absolute Gasteiger partial charge is 0.256 e. The van der Waals surface area contributed by atoms with Gasteiger partial charge in [0.1, 0.15) is 5.82 Å². The number of benzene rings is 1. The topological polar surface area (TPSA) is 57.8 Å². The van der Waals surface area contributed by atoms with Crippen molar-refractivity contribution < 1.29 is 9.18 Å². The molecule has 0 aliphatic heterocycles. The Hall–Kier alpha value is -1.88. The second-order valence-electron chi connectivity index (χ2n) is 4.11. The van der Waals surface area contributed by atoms with Gasteiger partial charge in [0, 0.05) is 17.3 Å². The monoisotopic (exact) mass is 281 g/mol. The number of aryl methyl sites for hydroxylation is 1. The van der Waals surface area contributed by atoms with E-state index >= 15 is 0 Å². The Morgan fingerprint density at radius 1 is 1.47 bits per heavy atom. The molecular weight excluding hydrogens is 269 g/mol. The van der Waals surface area contributed by atoms with Crippen LogP contribution in [0.1, 0.15) is 29.4 Å². The Morgan fingerprint density at radius 3 is 2.95 bits per heavy atom. The summed E-state index contributed by atoms with van der Waals surface area (Å²) in [6.07, 6.45) is 1.86. The molecule has 100 valence electrons. The fourth-order valence-corrected chi connectivity index (χ4v) is 1.83. The predicted molar refractivity (Wildman–Crippen MR) is 71.9 cm³/mol. The summed E-state index contributed by atoms with van der Waals surface area (Å²) in [7, 11) is 0. The summed E-state index contributed by atoms with van der Waals surface area (Å²) in [6, 6.07) is 5.58. The van der Waals surface area contributed by atoms with Gasteiger partial charge in [-0.2, -0.15) is 5.10 Å². The summed E-state index contributed by atoms with van der Waals surface area (Å²) in [5.41, 5.74) is 1.24. The van der Waals surface area contributed by atoms with Gasteiger partial charge in [0.2, 0.25) is 0 Å². The highest BCUT2D eigenvalue weighted by atomic mass is 35.5. The van der Waals surface area contributed by atoms with Crippen LogP contribution in [-0.4, -0.2) is 16.1 Å². The summed E-state index contributed by atoms with van der Waals surface area (Å²) < 4.78 is 13.0. The summed E-state index contributed by atoms with van der Waals surface area (Å²) in [4.78, 5) is 11.9. The van der Waals surface area contributed by atoms with Gasteiger partial charge in [0.15, 0.2) is 5.82 Å². The number of nitrogens with zero attached hydrogens (tertiary/aromatic N) is 1. The van der Waals surface area contributed by atoms with E-state index in [0.29, 0.717) is 5.82 Å². The molecule has 0 saturated carbocycles. The third kappa shape index (κ3) is 3.32. The lowest BCUT2D eigenvalue weighted by molar-refractivity contribution is 0.102. The van der Waals surface area contributed by atoms with Gasteiger partial charge in [0.25, 0.3) is 5.91 Å². The molecule has 6 heteroatoms. The second kappa shape index (κ2) is 5.84. The highest BCUT2D eigenvalue weighted by Crippen LogP contribution is 2.17. The Kier molecular flexibility index (Phi) is 4.16. The fraction of sp³-hybridized carbons (Fsp3) is 0.231. The van der Waals surface area contributed by atoms with Crippen molar-refractivity contribution in [3.8, 4) is 0 Å². The molecule has 1 amide bonds. The van der Waals surface area contributed by atoms with Gasteiger partial charge in [-0.05, 0) is 24.6 Å². The molecule has 2 aromatic rings. The Bertz CT molecular complexity index is 597. The van der Waals surface area contributed by atoms with Crippen LogP contribution >= 0.6 is 11.6 Å². The van der Waals surface area contributed by atoms with Crippen molar-refractivity contribution in [2.45, 2.75) is 19.8 Å². The van der Waals surface area contributed by atoms with Crippen molar-refractivity contribution in [3.05, 3.63) is 46.4 Å². The highest BCUT2D eigenvalue weighted by molar-refractivity contribution is 6.31. The average Bonchev–Trinajstić information content (AvgIpc) is 2.80. The number of carbonyl (C=O) groups excluding carboxylic acids is 1. The van der Waals surface area contributed by atoms with Crippen molar-refractivity contribution in [1.82, 2.24) is 10.2 Å². The first-order valence-corrected chi connectivity index (χ1v) is 6.28. The zero-order valence-electron chi connectivity index (χ0n) is 10.3. The van der Waals surface area contributed by atoms with Crippen molar-refractivity contribution in [2.24, 2.45) is 0 Å². The third-order valence-corrected chi connectivity index (χ3v) is 2.86. The molecule has 0 radical (unpaired) electrons. The molecule has 0 unspecified atom stereocenters. The summed E-state index contributed by atoms with van der Waals surface area (Å²) in [5.74, 6) is -0.492. The molecule has 0 aliphatic rings. The quantitative estimate of drug-likeness (QED) is 0.902. The number of nitrogens with one attached hydrogen (secondary N) is 2. The normalized spacial score (nSPS) is 10.5. The standard InChI is InChI=1S/C13H13ClFN3O/c1-2-3-9-7-12(18-17-9)16-13(19)8-4-5-11(15)10(14)6-8/h4-7H,2-3H2,1H3,(H2,16,17,18,19). The van der Waals surface area contributed by atoms with E-state index in [9.17, 15) is 9.18 Å². The zero-order valence-corrected chi connectivity index (χ0v) is 11.1. The SMILES string of the molecule is CCCc1cc(NC(=O)c2ccc(F)c(Cl)c2)n[nH]1. The van der Waals surface area contributed by atoms with Gasteiger partial charge in [-0.3, -0.25) is 9.89 Å². The highest BCUT2D eigenvalue weighted by Gasteiger charge is 2.10. The Labute approximate surface area is 115 Å². The van der Waals surface area contributed by atoms with Crippen LogP contribution in [0.5, 0.6) is 0 Å². The molecule has 0 fully saturated rings. The van der Waals surface area contributed by atoms with Crippen molar-refractivity contribution in [2.75, 3.05) is 5.32 Å². The average molecular weight is 282 g/mol. The molecule has 0 saturated heterocycles. The first-order chi connectivity index (χ1) is 9.10. The van der Waals surface area contributed by atoms with Gasteiger partial charge < -0.3 is 5.32 Å². The molecule has 1 aromatic heterocycles. The van der Waals surface area contributed by atoms with Gasteiger partial charge in [-0.15, -0.1) is 0 Å². The van der Waals surface area contributed by atoms with Crippen LogP contribution in [0.15, 0.2) is 24.3 Å². The third-order valence-electron chi connectivity index (χ3n) is 2.57. The number of aromatic amines is 1. The van der Waals surface area contributed by atoms with E-state index in [-0.39, 0.29) is 16.5 Å². The second-order valence-corrected chi connectivity index (χ2v) is 4.52. The maximum Gasteiger partial charge on any atom is 0.256 e. The number of hydrogen-bond donors (Lipinski definition) is 2. The molecule has 4 nitrogen and oxygen atoms in total. The molecule has 0 aliphatic carbocycles. The van der Waals surface area contributed by atoms with Gasteiger partial charge in [0.05, 0.1) is 5.02 Å². The minimum atomic E-state index is -0.553. The van der Waals surface area contributed by atoms with E-state index in [1.165, 1.54) is 12.1 Å². The van der Waals surface area contributed by atoms with Crippen LogP contribution in [0.2, 0.25) is 5.02 Å². The lowest BCUT2D eigenvalue weighted by Gasteiger charge is -2.02. The number of H-pyrrole nitrogens is 1. The lowest BCUT2D eigenvalue weighted by atomic mass is 10.2. The molecule has 1 aromatic carbocycles. The minimum Gasteiger partial charge on any atom is -0.305 e. The molecule has 0 atom stereocenters. The van der Waals surface area contributed by atoms with E-state index in [4.69, 9.17) is 11.6 Å². The van der Waals surface area contributed by atoms with E-state index in [0.717, 1.165) is 24.6 Å². The van der Waals surface area contributed by atoms with Crippen LogP contribution in [0.3, 0.4) is 0 Å². The van der Waals surface area contributed by atoms with Crippen molar-refractivity contribution >= 4 is 23.3 Å². The van der Waals surface area contributed by atoms with E-state index in [1.54, 1.807) is 6.07 Å². The van der Waals surface area contributed by atoms with Gasteiger partial charge >= 0.3 is 0 Å². The number of carbonyl (C=O) groups is 1. The van der Waals surface area contributed by atoms with Crippen LogP contribution in [0.25, 0.3) is 0 Å².